The molecule has 0 atom stereocenters. The summed E-state index contributed by atoms with van der Waals surface area (Å²) in [6.07, 6.45) is 1.43. The van der Waals surface area contributed by atoms with E-state index in [-0.39, 0.29) is 16.5 Å². The Labute approximate surface area is 149 Å². The summed E-state index contributed by atoms with van der Waals surface area (Å²) < 4.78 is 1.70. The number of nitrogens with zero attached hydrogens (tertiary/aromatic N) is 3. The molecule has 0 spiro atoms. The molecule has 0 aliphatic carbocycles. The molecule has 7 heteroatoms. The Kier molecular flexibility index (Phi) is 4.81. The number of aromatic nitrogens is 2. The van der Waals surface area contributed by atoms with Crippen LogP contribution in [0.25, 0.3) is 5.69 Å². The first-order valence-electron chi connectivity index (χ1n) is 7.50. The molecule has 1 heterocycles. The zero-order chi connectivity index (χ0) is 17.8. The molecule has 1 aromatic heterocycles. The first-order chi connectivity index (χ1) is 12.1. The largest absolute Gasteiger partial charge is 0.507 e. The normalized spacial score (nSPS) is 11.0. The molecule has 25 heavy (non-hydrogen) atoms. The molecule has 3 aromatic rings. The number of rotatable bonds is 4. The highest BCUT2D eigenvalue weighted by Gasteiger charge is 2.13. The molecule has 0 fully saturated rings. The molecule has 0 aliphatic heterocycles. The van der Waals surface area contributed by atoms with E-state index in [0.29, 0.717) is 5.56 Å². The third-order valence-electron chi connectivity index (χ3n) is 3.63. The maximum Gasteiger partial charge on any atom is 0.275 e. The number of phenols is 1. The second-order valence-electron chi connectivity index (χ2n) is 5.25. The van der Waals surface area contributed by atoms with Crippen molar-refractivity contribution < 1.29 is 9.90 Å². The molecular formula is C18H15ClN4O2. The Balaban J connectivity index is 1.80. The summed E-state index contributed by atoms with van der Waals surface area (Å²) in [6.45, 7) is 1.86. The topological polar surface area (TPSA) is 79.5 Å². The second kappa shape index (κ2) is 7.19. The number of hydrogen-bond donors (Lipinski definition) is 2. The Hall–Kier alpha value is -3.12. The van der Waals surface area contributed by atoms with Crippen molar-refractivity contribution in [3.8, 4) is 11.4 Å². The summed E-state index contributed by atoms with van der Waals surface area (Å²) in [5.74, 6) is -0.625. The van der Waals surface area contributed by atoms with Crippen molar-refractivity contribution in [3.63, 3.8) is 0 Å². The fourth-order valence-electron chi connectivity index (χ4n) is 2.33. The Morgan fingerprint density at radius 2 is 1.88 bits per heavy atom. The highest BCUT2D eigenvalue weighted by Crippen LogP contribution is 2.20. The van der Waals surface area contributed by atoms with Crippen LogP contribution in [0.3, 0.4) is 0 Å². The summed E-state index contributed by atoms with van der Waals surface area (Å²) in [5, 5.41) is 18.2. The van der Waals surface area contributed by atoms with Crippen LogP contribution in [0.2, 0.25) is 5.15 Å². The average molecular weight is 355 g/mol. The zero-order valence-corrected chi connectivity index (χ0v) is 14.1. The van der Waals surface area contributed by atoms with Gasteiger partial charge in [0.25, 0.3) is 5.91 Å². The van der Waals surface area contributed by atoms with E-state index in [4.69, 9.17) is 11.6 Å². The highest BCUT2D eigenvalue weighted by atomic mass is 35.5. The molecule has 126 valence electrons. The van der Waals surface area contributed by atoms with Crippen molar-refractivity contribution in [2.24, 2.45) is 5.10 Å². The van der Waals surface area contributed by atoms with Crippen molar-refractivity contribution in [1.29, 1.82) is 0 Å². The number of amides is 1. The van der Waals surface area contributed by atoms with E-state index in [9.17, 15) is 9.90 Å². The number of carbonyl (C=O) groups excluding carboxylic acids is 1. The lowest BCUT2D eigenvalue weighted by molar-refractivity contribution is 0.0952. The Bertz CT molecular complexity index is 936. The summed E-state index contributed by atoms with van der Waals surface area (Å²) in [4.78, 5) is 12.0. The third kappa shape index (κ3) is 3.54. The van der Waals surface area contributed by atoms with Gasteiger partial charge in [-0.3, -0.25) is 4.79 Å². The molecule has 6 nitrogen and oxygen atoms in total. The Morgan fingerprint density at radius 1 is 1.20 bits per heavy atom. The van der Waals surface area contributed by atoms with Crippen LogP contribution >= 0.6 is 11.6 Å². The summed E-state index contributed by atoms with van der Waals surface area (Å²) in [6, 6.07) is 15.8. The number of nitrogens with one attached hydrogen (secondary N) is 1. The number of halogens is 1. The van der Waals surface area contributed by atoms with Gasteiger partial charge in [-0.1, -0.05) is 41.9 Å². The van der Waals surface area contributed by atoms with E-state index >= 15 is 0 Å². The van der Waals surface area contributed by atoms with Gasteiger partial charge in [-0.05, 0) is 31.2 Å². The fourth-order valence-corrected chi connectivity index (χ4v) is 2.59. The minimum atomic E-state index is -0.515. The summed E-state index contributed by atoms with van der Waals surface area (Å²) >= 11 is 6.18. The van der Waals surface area contributed by atoms with E-state index in [1.54, 1.807) is 16.8 Å². The van der Waals surface area contributed by atoms with Gasteiger partial charge in [0.2, 0.25) is 0 Å². The number of para-hydroxylation sites is 2. The molecule has 0 radical (unpaired) electrons. The summed E-state index contributed by atoms with van der Waals surface area (Å²) in [7, 11) is 0. The molecule has 1 amide bonds. The third-order valence-corrected chi connectivity index (χ3v) is 3.91. The van der Waals surface area contributed by atoms with E-state index < -0.39 is 5.91 Å². The van der Waals surface area contributed by atoms with Crippen molar-refractivity contribution in [2.75, 3.05) is 0 Å². The number of benzene rings is 2. The summed E-state index contributed by atoms with van der Waals surface area (Å²) in [5.41, 5.74) is 4.77. The van der Waals surface area contributed by atoms with Crippen molar-refractivity contribution >= 4 is 23.7 Å². The fraction of sp³-hybridized carbons (Fsp3) is 0.0556. The van der Waals surface area contributed by atoms with Gasteiger partial charge in [0.05, 0.1) is 28.7 Å². The van der Waals surface area contributed by atoms with Gasteiger partial charge in [0.1, 0.15) is 5.75 Å². The van der Waals surface area contributed by atoms with Gasteiger partial charge in [0.15, 0.2) is 5.15 Å². The molecule has 0 aliphatic rings. The number of hydrogen-bond acceptors (Lipinski definition) is 4. The van der Waals surface area contributed by atoms with Gasteiger partial charge in [0, 0.05) is 0 Å². The first-order valence-corrected chi connectivity index (χ1v) is 7.87. The SMILES string of the molecule is Cc1c(/C=N\NC(=O)c2ccccc2O)c(Cl)nn1-c1ccccc1. The molecule has 3 rings (SSSR count). The molecule has 0 saturated carbocycles. The Morgan fingerprint density at radius 3 is 2.60 bits per heavy atom. The lowest BCUT2D eigenvalue weighted by atomic mass is 10.2. The lowest BCUT2D eigenvalue weighted by Gasteiger charge is -2.03. The predicted octanol–water partition coefficient (Wildman–Crippen LogP) is 3.30. The van der Waals surface area contributed by atoms with Crippen molar-refractivity contribution in [3.05, 3.63) is 76.6 Å². The molecule has 2 N–H and O–H groups in total. The van der Waals surface area contributed by atoms with Gasteiger partial charge in [-0.2, -0.15) is 10.2 Å². The van der Waals surface area contributed by atoms with Crippen LogP contribution in [-0.2, 0) is 0 Å². The van der Waals surface area contributed by atoms with Crippen molar-refractivity contribution in [2.45, 2.75) is 6.92 Å². The van der Waals surface area contributed by atoms with Gasteiger partial charge < -0.3 is 5.11 Å². The quantitative estimate of drug-likeness (QED) is 0.557. The van der Waals surface area contributed by atoms with E-state index in [1.807, 2.05) is 37.3 Å². The monoisotopic (exact) mass is 354 g/mol. The maximum atomic E-state index is 12.0. The molecule has 0 bridgehead atoms. The first kappa shape index (κ1) is 16.7. The zero-order valence-electron chi connectivity index (χ0n) is 13.3. The van der Waals surface area contributed by atoms with Crippen LogP contribution in [0.1, 0.15) is 21.6 Å². The number of phenolic OH excluding ortho intramolecular Hbond substituents is 1. The van der Waals surface area contributed by atoms with E-state index in [0.717, 1.165) is 11.4 Å². The average Bonchev–Trinajstić information content (AvgIpc) is 2.91. The molecule has 0 unspecified atom stereocenters. The van der Waals surface area contributed by atoms with E-state index in [2.05, 4.69) is 15.6 Å². The number of hydrazone groups is 1. The predicted molar refractivity (Wildman–Crippen MR) is 96.5 cm³/mol. The number of aromatic hydroxyl groups is 1. The van der Waals surface area contributed by atoms with Crippen LogP contribution in [0.4, 0.5) is 0 Å². The minimum absolute atomic E-state index is 0.110. The van der Waals surface area contributed by atoms with Crippen LogP contribution in [-0.4, -0.2) is 27.0 Å². The molecular weight excluding hydrogens is 340 g/mol. The van der Waals surface area contributed by atoms with Gasteiger partial charge >= 0.3 is 0 Å². The number of carbonyl (C=O) groups is 1. The van der Waals surface area contributed by atoms with Crippen LogP contribution in [0.15, 0.2) is 59.7 Å². The maximum absolute atomic E-state index is 12.0. The van der Waals surface area contributed by atoms with E-state index in [1.165, 1.54) is 18.3 Å². The minimum Gasteiger partial charge on any atom is -0.507 e. The second-order valence-corrected chi connectivity index (χ2v) is 5.61. The molecule has 2 aromatic carbocycles. The van der Waals surface area contributed by atoms with Gasteiger partial charge in [-0.15, -0.1) is 0 Å². The standard InChI is InChI=1S/C18H15ClN4O2/c1-12-15(17(19)22-23(12)13-7-3-2-4-8-13)11-20-21-18(25)14-9-5-6-10-16(14)24/h2-11,24H,1H3,(H,21,25)/b20-11-. The lowest BCUT2D eigenvalue weighted by Crippen LogP contribution is -2.17. The van der Waals surface area contributed by atoms with Crippen LogP contribution in [0.5, 0.6) is 5.75 Å². The highest BCUT2D eigenvalue weighted by molar-refractivity contribution is 6.32. The van der Waals surface area contributed by atoms with Crippen LogP contribution in [0, 0.1) is 6.92 Å². The van der Waals surface area contributed by atoms with Crippen molar-refractivity contribution in [1.82, 2.24) is 15.2 Å². The molecule has 0 saturated heterocycles. The van der Waals surface area contributed by atoms with Gasteiger partial charge in [-0.25, -0.2) is 10.1 Å². The van der Waals surface area contributed by atoms with Crippen LogP contribution < -0.4 is 5.43 Å². The smallest absolute Gasteiger partial charge is 0.275 e.